The Morgan fingerprint density at radius 2 is 1.43 bits per heavy atom. The summed E-state index contributed by atoms with van der Waals surface area (Å²) in [5.41, 5.74) is 4.04. The van der Waals surface area contributed by atoms with Gasteiger partial charge in [-0.15, -0.1) is 0 Å². The summed E-state index contributed by atoms with van der Waals surface area (Å²) >= 11 is 0. The summed E-state index contributed by atoms with van der Waals surface area (Å²) < 4.78 is 0. The molecule has 0 saturated heterocycles. The van der Waals surface area contributed by atoms with Crippen molar-refractivity contribution < 1.29 is 19.5 Å². The molecule has 3 aromatic rings. The fourth-order valence-electron chi connectivity index (χ4n) is 4.93. The van der Waals surface area contributed by atoms with E-state index in [4.69, 9.17) is 0 Å². The van der Waals surface area contributed by atoms with Gasteiger partial charge in [0.15, 0.2) is 17.3 Å². The molecule has 0 bridgehead atoms. The standard InChI is InChI=1S/C31H20O4/c32-28-22(29(33)25-15-19-9-5-4-8-18(19)14-24(25)28)12-2-1-3-13-23-30(34)26-16-20-10-6-7-11-21(20)17-27(26)31(23)35/h1-6,8-10,12-17,35H,7,11H2/p-1/b2-1+,13-3+. The van der Waals surface area contributed by atoms with E-state index in [0.717, 1.165) is 34.7 Å². The number of carbonyl (C=O) groups is 3. The average molecular weight is 455 g/mol. The third kappa shape index (κ3) is 3.34. The Labute approximate surface area is 201 Å². The van der Waals surface area contributed by atoms with Gasteiger partial charge in [0.05, 0.1) is 5.57 Å². The van der Waals surface area contributed by atoms with E-state index in [1.807, 2.05) is 36.4 Å². The first kappa shape index (κ1) is 21.0. The molecule has 3 aromatic carbocycles. The lowest BCUT2D eigenvalue weighted by atomic mass is 9.92. The second-order valence-corrected chi connectivity index (χ2v) is 8.84. The summed E-state index contributed by atoms with van der Waals surface area (Å²) in [5, 5.41) is 14.6. The largest absolute Gasteiger partial charge is 0.872 e. The molecule has 0 N–H and O–H groups in total. The van der Waals surface area contributed by atoms with E-state index in [-0.39, 0.29) is 34.3 Å². The van der Waals surface area contributed by atoms with Crippen molar-refractivity contribution in [1.82, 2.24) is 0 Å². The zero-order valence-corrected chi connectivity index (χ0v) is 18.7. The third-order valence-electron chi connectivity index (χ3n) is 6.75. The van der Waals surface area contributed by atoms with Crippen LogP contribution in [0.4, 0.5) is 0 Å². The Bertz CT molecular complexity index is 1580. The maximum absolute atomic E-state index is 12.8. The number of hydrogen-bond donors (Lipinski definition) is 0. The number of ketones is 3. The van der Waals surface area contributed by atoms with Crippen LogP contribution in [-0.2, 0) is 6.42 Å². The van der Waals surface area contributed by atoms with E-state index in [9.17, 15) is 19.5 Å². The molecule has 0 fully saturated rings. The zero-order valence-electron chi connectivity index (χ0n) is 18.7. The fraction of sp³-hybridized carbons (Fsp3) is 0.0645. The second-order valence-electron chi connectivity index (χ2n) is 8.84. The van der Waals surface area contributed by atoms with Gasteiger partial charge in [-0.05, 0) is 64.6 Å². The maximum Gasteiger partial charge on any atom is 0.197 e. The zero-order chi connectivity index (χ0) is 24.1. The Morgan fingerprint density at radius 3 is 2.14 bits per heavy atom. The van der Waals surface area contributed by atoms with E-state index in [1.54, 1.807) is 36.4 Å². The number of carbonyl (C=O) groups excluding carboxylic acids is 3. The number of fused-ring (bicyclic) bond motifs is 4. The van der Waals surface area contributed by atoms with Gasteiger partial charge in [-0.3, -0.25) is 14.4 Å². The maximum atomic E-state index is 12.8. The predicted octanol–water partition coefficient (Wildman–Crippen LogP) is 5.18. The van der Waals surface area contributed by atoms with Crippen LogP contribution >= 0.6 is 0 Å². The summed E-state index contributed by atoms with van der Waals surface area (Å²) in [7, 11) is 0. The van der Waals surface area contributed by atoms with Gasteiger partial charge >= 0.3 is 0 Å². The first-order chi connectivity index (χ1) is 17.0. The smallest absolute Gasteiger partial charge is 0.197 e. The van der Waals surface area contributed by atoms with Crippen molar-refractivity contribution >= 4 is 40.0 Å². The molecule has 4 heteroatoms. The van der Waals surface area contributed by atoms with Gasteiger partial charge in [0, 0.05) is 22.3 Å². The minimum Gasteiger partial charge on any atom is -0.872 e. The van der Waals surface area contributed by atoms with Crippen molar-refractivity contribution in [3.05, 3.63) is 130 Å². The molecule has 3 aliphatic carbocycles. The van der Waals surface area contributed by atoms with Crippen molar-refractivity contribution in [2.24, 2.45) is 0 Å². The number of benzene rings is 3. The fourth-order valence-corrected chi connectivity index (χ4v) is 4.93. The minimum absolute atomic E-state index is 0.103. The van der Waals surface area contributed by atoms with Crippen LogP contribution in [0.1, 0.15) is 54.2 Å². The quantitative estimate of drug-likeness (QED) is 0.310. The molecule has 0 heterocycles. The summed E-state index contributed by atoms with van der Waals surface area (Å²) in [5.74, 6) is -1.14. The first-order valence-corrected chi connectivity index (χ1v) is 11.5. The Balaban J connectivity index is 1.23. The van der Waals surface area contributed by atoms with E-state index in [2.05, 4.69) is 6.08 Å². The van der Waals surface area contributed by atoms with Gasteiger partial charge in [0.2, 0.25) is 0 Å². The lowest BCUT2D eigenvalue weighted by molar-refractivity contribution is -0.244. The summed E-state index contributed by atoms with van der Waals surface area (Å²) in [6.45, 7) is 0. The van der Waals surface area contributed by atoms with Gasteiger partial charge in [0.25, 0.3) is 0 Å². The van der Waals surface area contributed by atoms with Crippen LogP contribution in [-0.4, -0.2) is 17.3 Å². The van der Waals surface area contributed by atoms with E-state index in [1.165, 1.54) is 12.2 Å². The van der Waals surface area contributed by atoms with Crippen LogP contribution in [0.3, 0.4) is 0 Å². The van der Waals surface area contributed by atoms with E-state index >= 15 is 0 Å². The number of hydrogen-bond acceptors (Lipinski definition) is 4. The first-order valence-electron chi connectivity index (χ1n) is 11.5. The highest BCUT2D eigenvalue weighted by Crippen LogP contribution is 2.34. The molecule has 35 heavy (non-hydrogen) atoms. The lowest BCUT2D eigenvalue weighted by Crippen LogP contribution is -2.04. The monoisotopic (exact) mass is 455 g/mol. The van der Waals surface area contributed by atoms with Gasteiger partial charge in [-0.2, -0.15) is 0 Å². The molecule has 168 valence electrons. The highest BCUT2D eigenvalue weighted by atomic mass is 16.3. The number of Topliss-reactive ketones (excluding diaryl/α,β-unsaturated/α-hetero) is 3. The van der Waals surface area contributed by atoms with Gasteiger partial charge in [-0.25, -0.2) is 0 Å². The van der Waals surface area contributed by atoms with E-state index in [0.29, 0.717) is 22.3 Å². The molecular formula is C31H19O4-. The molecule has 0 atom stereocenters. The van der Waals surface area contributed by atoms with Crippen LogP contribution in [0.5, 0.6) is 0 Å². The predicted molar refractivity (Wildman–Crippen MR) is 134 cm³/mol. The van der Waals surface area contributed by atoms with Gasteiger partial charge in [0.1, 0.15) is 0 Å². The van der Waals surface area contributed by atoms with Crippen LogP contribution in [0.25, 0.3) is 22.6 Å². The SMILES string of the molecule is O=C1C(=C/C=C/C=C/C2=C([O-])c3cc4c(cc3C2=O)C=CCC4)C(=O)c2cc3ccccc3cc21. The molecule has 3 aliphatic rings. The number of allylic oxidation sites excluding steroid dienone is 8. The molecular weight excluding hydrogens is 436 g/mol. The van der Waals surface area contributed by atoms with Crippen molar-refractivity contribution in [2.45, 2.75) is 12.8 Å². The van der Waals surface area contributed by atoms with Crippen molar-refractivity contribution in [2.75, 3.05) is 0 Å². The Hall–Kier alpha value is -4.57. The van der Waals surface area contributed by atoms with Crippen LogP contribution < -0.4 is 5.11 Å². The summed E-state index contributed by atoms with van der Waals surface area (Å²) in [4.78, 5) is 38.4. The molecule has 6 rings (SSSR count). The molecule has 0 radical (unpaired) electrons. The molecule has 0 unspecified atom stereocenters. The van der Waals surface area contributed by atoms with Crippen LogP contribution in [0, 0.1) is 0 Å². The Morgan fingerprint density at radius 1 is 0.743 bits per heavy atom. The number of rotatable bonds is 3. The van der Waals surface area contributed by atoms with E-state index < -0.39 is 0 Å². The van der Waals surface area contributed by atoms with Crippen LogP contribution in [0.15, 0.2) is 96.1 Å². The van der Waals surface area contributed by atoms with Gasteiger partial charge < -0.3 is 5.11 Å². The molecule has 0 aliphatic heterocycles. The summed E-state index contributed by atoms with van der Waals surface area (Å²) in [6.07, 6.45) is 13.6. The topological polar surface area (TPSA) is 74.3 Å². The van der Waals surface area contributed by atoms with Crippen molar-refractivity contribution in [3.8, 4) is 0 Å². The minimum atomic E-state index is -0.298. The molecule has 0 aromatic heterocycles. The second kappa shape index (κ2) is 8.03. The average Bonchev–Trinajstić information content (AvgIpc) is 3.25. The molecule has 0 saturated carbocycles. The third-order valence-corrected chi connectivity index (χ3v) is 6.75. The Kier molecular flexibility index (Phi) is 4.82. The normalized spacial score (nSPS) is 16.7. The molecule has 0 spiro atoms. The van der Waals surface area contributed by atoms with Crippen molar-refractivity contribution in [3.63, 3.8) is 0 Å². The molecule has 4 nitrogen and oxygen atoms in total. The molecule has 0 amide bonds. The van der Waals surface area contributed by atoms with Gasteiger partial charge in [-0.1, -0.05) is 72.5 Å². The summed E-state index contributed by atoms with van der Waals surface area (Å²) in [6, 6.07) is 14.8. The van der Waals surface area contributed by atoms with Crippen molar-refractivity contribution in [1.29, 1.82) is 0 Å². The number of aryl methyl sites for hydroxylation is 1. The highest BCUT2D eigenvalue weighted by Gasteiger charge is 2.33. The van der Waals surface area contributed by atoms with Crippen LogP contribution in [0.2, 0.25) is 0 Å². The highest BCUT2D eigenvalue weighted by molar-refractivity contribution is 6.40. The lowest BCUT2D eigenvalue weighted by Gasteiger charge is -2.15.